The number of H-pyrrole nitrogens is 2. The number of hydrogen-bond donors (Lipinski definition) is 2. The fourth-order valence-electron chi connectivity index (χ4n) is 1.64. The van der Waals surface area contributed by atoms with Crippen LogP contribution in [0.15, 0.2) is 36.5 Å². The maximum absolute atomic E-state index is 10.9. The zero-order chi connectivity index (χ0) is 12.0. The molecule has 0 aliphatic carbocycles. The normalized spacial score (nSPS) is 11.2. The number of aromatic amines is 2. The van der Waals surface area contributed by atoms with Gasteiger partial charge in [-0.3, -0.25) is 0 Å². The van der Waals surface area contributed by atoms with E-state index in [9.17, 15) is 4.79 Å². The van der Waals surface area contributed by atoms with Gasteiger partial charge in [-0.2, -0.15) is 0 Å². The average Bonchev–Trinajstić information content (AvgIpc) is 2.86. The summed E-state index contributed by atoms with van der Waals surface area (Å²) in [6.45, 7) is 0. The molecule has 0 fully saturated rings. The van der Waals surface area contributed by atoms with Crippen LogP contribution in [0.1, 0.15) is 0 Å². The van der Waals surface area contributed by atoms with Crippen molar-refractivity contribution in [3.05, 3.63) is 37.8 Å². The van der Waals surface area contributed by atoms with Crippen LogP contribution >= 0.6 is 31.9 Å². The molecule has 0 radical (unpaired) electrons. The summed E-state index contributed by atoms with van der Waals surface area (Å²) in [6, 6.07) is 3.87. The smallest absolute Gasteiger partial charge is 0.388 e. The molecule has 0 aliphatic rings. The summed E-state index contributed by atoms with van der Waals surface area (Å²) in [7, 11) is 0. The topological polar surface area (TPSA) is 74.7 Å². The quantitative estimate of drug-likeness (QED) is 0.702. The van der Waals surface area contributed by atoms with Crippen LogP contribution in [0.5, 0.6) is 0 Å². The van der Waals surface area contributed by atoms with E-state index < -0.39 is 5.76 Å². The molecule has 2 heterocycles. The average molecular weight is 359 g/mol. The molecule has 0 unspecified atom stereocenters. The molecule has 0 saturated heterocycles. The zero-order valence-corrected chi connectivity index (χ0v) is 11.4. The Labute approximate surface area is 111 Å². The lowest BCUT2D eigenvalue weighted by molar-refractivity contribution is 0.527. The van der Waals surface area contributed by atoms with Crippen molar-refractivity contribution in [1.29, 1.82) is 0 Å². The molecule has 7 heteroatoms. The summed E-state index contributed by atoms with van der Waals surface area (Å²) < 4.78 is 6.80. The van der Waals surface area contributed by atoms with Gasteiger partial charge in [0.25, 0.3) is 5.89 Å². The molecule has 0 saturated carbocycles. The van der Waals surface area contributed by atoms with Gasteiger partial charge >= 0.3 is 5.76 Å². The predicted molar refractivity (Wildman–Crippen MR) is 69.8 cm³/mol. The number of fused-ring (bicyclic) bond motifs is 1. The SMILES string of the molecule is O=c1[nH]nc(-c2c[nH]c3cc(Br)c(Br)cc23)o1. The number of halogens is 2. The van der Waals surface area contributed by atoms with E-state index in [4.69, 9.17) is 4.42 Å². The first-order chi connectivity index (χ1) is 8.15. The molecule has 86 valence electrons. The Kier molecular flexibility index (Phi) is 2.44. The third-order valence-electron chi connectivity index (χ3n) is 2.39. The molecular formula is C10H5Br2N3O2. The van der Waals surface area contributed by atoms with Crippen LogP contribution < -0.4 is 5.76 Å². The fourth-order valence-corrected chi connectivity index (χ4v) is 2.33. The highest BCUT2D eigenvalue weighted by atomic mass is 79.9. The van der Waals surface area contributed by atoms with Gasteiger partial charge in [-0.05, 0) is 44.0 Å². The van der Waals surface area contributed by atoms with Crippen LogP contribution in [0.2, 0.25) is 0 Å². The second kappa shape index (κ2) is 3.85. The van der Waals surface area contributed by atoms with Crippen LogP contribution in [-0.4, -0.2) is 15.2 Å². The van der Waals surface area contributed by atoms with Crippen molar-refractivity contribution in [2.75, 3.05) is 0 Å². The van der Waals surface area contributed by atoms with Crippen LogP contribution in [0.4, 0.5) is 0 Å². The molecule has 0 amide bonds. The highest BCUT2D eigenvalue weighted by Crippen LogP contribution is 2.33. The number of benzene rings is 1. The van der Waals surface area contributed by atoms with Gasteiger partial charge in [-0.25, -0.2) is 9.89 Å². The lowest BCUT2D eigenvalue weighted by atomic mass is 10.2. The lowest BCUT2D eigenvalue weighted by Crippen LogP contribution is -1.93. The van der Waals surface area contributed by atoms with Gasteiger partial charge in [0.1, 0.15) is 0 Å². The van der Waals surface area contributed by atoms with E-state index in [1.165, 1.54) is 0 Å². The summed E-state index contributed by atoms with van der Waals surface area (Å²) >= 11 is 6.86. The van der Waals surface area contributed by atoms with Crippen molar-refractivity contribution in [3.63, 3.8) is 0 Å². The van der Waals surface area contributed by atoms with Crippen molar-refractivity contribution in [2.24, 2.45) is 0 Å². The summed E-state index contributed by atoms with van der Waals surface area (Å²) in [5.41, 5.74) is 1.67. The number of nitrogens with one attached hydrogen (secondary N) is 2. The molecule has 5 nitrogen and oxygen atoms in total. The summed E-state index contributed by atoms with van der Waals surface area (Å²) in [5, 5.41) is 6.98. The van der Waals surface area contributed by atoms with Crippen molar-refractivity contribution in [3.8, 4) is 11.5 Å². The van der Waals surface area contributed by atoms with Gasteiger partial charge in [0.05, 0.1) is 5.56 Å². The van der Waals surface area contributed by atoms with Crippen LogP contribution in [0, 0.1) is 0 Å². The Hall–Kier alpha value is -1.34. The first-order valence-electron chi connectivity index (χ1n) is 4.67. The molecule has 17 heavy (non-hydrogen) atoms. The Morgan fingerprint density at radius 1 is 1.24 bits per heavy atom. The number of aromatic nitrogens is 3. The van der Waals surface area contributed by atoms with Gasteiger partial charge < -0.3 is 9.40 Å². The number of hydrogen-bond acceptors (Lipinski definition) is 3. The summed E-state index contributed by atoms with van der Waals surface area (Å²) in [4.78, 5) is 14.0. The van der Waals surface area contributed by atoms with E-state index in [2.05, 4.69) is 47.0 Å². The molecule has 1 aromatic carbocycles. The molecule has 0 atom stereocenters. The summed E-state index contributed by atoms with van der Waals surface area (Å²) in [5.74, 6) is -0.291. The molecule has 0 bridgehead atoms. The second-order valence-corrected chi connectivity index (χ2v) is 5.14. The minimum Gasteiger partial charge on any atom is -0.388 e. The van der Waals surface area contributed by atoms with E-state index in [0.29, 0.717) is 0 Å². The Balaban J connectivity index is 2.31. The van der Waals surface area contributed by atoms with Crippen LogP contribution in [0.25, 0.3) is 22.4 Å². The van der Waals surface area contributed by atoms with Crippen molar-refractivity contribution in [2.45, 2.75) is 0 Å². The molecule has 0 spiro atoms. The van der Waals surface area contributed by atoms with Crippen molar-refractivity contribution < 1.29 is 4.42 Å². The van der Waals surface area contributed by atoms with Gasteiger partial charge in [-0.15, -0.1) is 5.10 Å². The largest absolute Gasteiger partial charge is 0.434 e. The maximum atomic E-state index is 10.9. The molecule has 0 aliphatic heterocycles. The van der Waals surface area contributed by atoms with E-state index in [-0.39, 0.29) is 5.89 Å². The highest BCUT2D eigenvalue weighted by molar-refractivity contribution is 9.13. The van der Waals surface area contributed by atoms with Gasteiger partial charge in [0, 0.05) is 26.0 Å². The molecule has 3 aromatic rings. The van der Waals surface area contributed by atoms with Crippen LogP contribution in [-0.2, 0) is 0 Å². The minimum atomic E-state index is -0.564. The first-order valence-corrected chi connectivity index (χ1v) is 6.26. The van der Waals surface area contributed by atoms with E-state index in [0.717, 1.165) is 25.4 Å². The van der Waals surface area contributed by atoms with Gasteiger partial charge in [0.15, 0.2) is 0 Å². The Morgan fingerprint density at radius 2 is 2.00 bits per heavy atom. The third kappa shape index (κ3) is 1.75. The van der Waals surface area contributed by atoms with Crippen LogP contribution in [0.3, 0.4) is 0 Å². The molecule has 3 rings (SSSR count). The third-order valence-corrected chi connectivity index (χ3v) is 4.24. The van der Waals surface area contributed by atoms with E-state index >= 15 is 0 Å². The number of nitrogens with zero attached hydrogens (tertiary/aromatic N) is 1. The van der Waals surface area contributed by atoms with Crippen molar-refractivity contribution >= 4 is 42.8 Å². The lowest BCUT2D eigenvalue weighted by Gasteiger charge is -1.97. The highest BCUT2D eigenvalue weighted by Gasteiger charge is 2.12. The van der Waals surface area contributed by atoms with Gasteiger partial charge in [-0.1, -0.05) is 0 Å². The monoisotopic (exact) mass is 357 g/mol. The zero-order valence-electron chi connectivity index (χ0n) is 8.25. The summed E-state index contributed by atoms with van der Waals surface area (Å²) in [6.07, 6.45) is 1.75. The number of rotatable bonds is 1. The van der Waals surface area contributed by atoms with E-state index in [1.807, 2.05) is 12.1 Å². The minimum absolute atomic E-state index is 0.274. The molecule has 2 aromatic heterocycles. The first kappa shape index (κ1) is 10.8. The molecule has 2 N–H and O–H groups in total. The Bertz CT molecular complexity index is 756. The van der Waals surface area contributed by atoms with E-state index in [1.54, 1.807) is 6.20 Å². The Morgan fingerprint density at radius 3 is 2.71 bits per heavy atom. The van der Waals surface area contributed by atoms with Gasteiger partial charge in [0.2, 0.25) is 0 Å². The molecular weight excluding hydrogens is 354 g/mol. The maximum Gasteiger partial charge on any atom is 0.434 e. The standard InChI is InChI=1S/C10H5Br2N3O2/c11-6-1-4-5(9-14-15-10(16)17-9)3-13-8(4)2-7(6)12/h1-3,13H,(H,15,16). The second-order valence-electron chi connectivity index (χ2n) is 3.43. The fraction of sp³-hybridized carbons (Fsp3) is 0. The predicted octanol–water partition coefficient (Wildman–Crippen LogP) is 3.04. The van der Waals surface area contributed by atoms with Crippen molar-refractivity contribution in [1.82, 2.24) is 15.2 Å².